The van der Waals surface area contributed by atoms with E-state index in [9.17, 15) is 0 Å². The van der Waals surface area contributed by atoms with E-state index in [4.69, 9.17) is 19.4 Å². The molecular formula is C8H12Cl2Rh. The summed E-state index contributed by atoms with van der Waals surface area (Å²) in [4.78, 5) is 0. The van der Waals surface area contributed by atoms with Crippen LogP contribution in [-0.2, 0) is 15.1 Å². The third-order valence-corrected chi connectivity index (χ3v) is 1.37. The van der Waals surface area contributed by atoms with Gasteiger partial charge in [0, 0.05) is 0 Å². The molecule has 0 amide bonds. The van der Waals surface area contributed by atoms with Crippen LogP contribution < -0.4 is 0 Å². The van der Waals surface area contributed by atoms with Gasteiger partial charge in [0.1, 0.15) is 0 Å². The van der Waals surface area contributed by atoms with Crippen molar-refractivity contribution in [2.75, 3.05) is 0 Å². The number of rotatable bonds is 0. The second kappa shape index (κ2) is 10.7. The molecule has 1 aliphatic carbocycles. The maximum absolute atomic E-state index is 4.83. The first-order valence-electron chi connectivity index (χ1n) is 3.57. The Morgan fingerprint density at radius 3 is 1.64 bits per heavy atom. The van der Waals surface area contributed by atoms with Crippen molar-refractivity contribution in [2.24, 2.45) is 0 Å². The molecule has 1 aliphatic rings. The summed E-state index contributed by atoms with van der Waals surface area (Å²) in [5.74, 6) is 0. The molecule has 0 bridgehead atoms. The van der Waals surface area contributed by atoms with E-state index in [1.54, 1.807) is 0 Å². The van der Waals surface area contributed by atoms with E-state index in [1.165, 1.54) is 25.7 Å². The van der Waals surface area contributed by atoms with Crippen molar-refractivity contribution >= 4 is 19.4 Å². The number of halogens is 2. The van der Waals surface area contributed by atoms with E-state index in [0.717, 1.165) is 0 Å². The summed E-state index contributed by atoms with van der Waals surface area (Å²) >= 11 is -0.226. The molecule has 0 aromatic carbocycles. The van der Waals surface area contributed by atoms with Gasteiger partial charge in [0.05, 0.1) is 0 Å². The zero-order chi connectivity index (χ0) is 8.36. The number of hydrogen-bond donors (Lipinski definition) is 0. The van der Waals surface area contributed by atoms with Gasteiger partial charge in [-0.2, -0.15) is 0 Å². The van der Waals surface area contributed by atoms with Crippen LogP contribution in [0.15, 0.2) is 24.3 Å². The summed E-state index contributed by atoms with van der Waals surface area (Å²) < 4.78 is 0. The van der Waals surface area contributed by atoms with Gasteiger partial charge in [0.2, 0.25) is 0 Å². The Bertz CT molecular complexity index is 107. The zero-order valence-corrected chi connectivity index (χ0v) is 9.38. The number of hydrogen-bond acceptors (Lipinski definition) is 0. The minimum atomic E-state index is -0.226. The van der Waals surface area contributed by atoms with Crippen molar-refractivity contribution in [2.45, 2.75) is 25.7 Å². The van der Waals surface area contributed by atoms with Crippen LogP contribution in [-0.4, -0.2) is 0 Å². The fourth-order valence-electron chi connectivity index (χ4n) is 0.874. The summed E-state index contributed by atoms with van der Waals surface area (Å²) in [6, 6.07) is 0. The quantitative estimate of drug-likeness (QED) is 0.588. The molecule has 0 unspecified atom stereocenters. The van der Waals surface area contributed by atoms with Crippen LogP contribution in [0.5, 0.6) is 0 Å². The van der Waals surface area contributed by atoms with Gasteiger partial charge >= 0.3 is 34.5 Å². The maximum atomic E-state index is 4.83. The molecule has 0 saturated heterocycles. The van der Waals surface area contributed by atoms with Crippen molar-refractivity contribution < 1.29 is 15.1 Å². The Hall–Kier alpha value is 0.683. The second-order valence-corrected chi connectivity index (χ2v) is 4.68. The fraction of sp³-hybridized carbons (Fsp3) is 0.500. The van der Waals surface area contributed by atoms with Crippen LogP contribution in [0.4, 0.5) is 0 Å². The molecule has 0 radical (unpaired) electrons. The van der Waals surface area contributed by atoms with Crippen molar-refractivity contribution in [3.63, 3.8) is 0 Å². The second-order valence-electron chi connectivity index (χ2n) is 2.19. The first-order chi connectivity index (χ1) is 5.41. The molecule has 0 aliphatic heterocycles. The van der Waals surface area contributed by atoms with Crippen LogP contribution in [0.2, 0.25) is 0 Å². The van der Waals surface area contributed by atoms with E-state index in [0.29, 0.717) is 0 Å². The van der Waals surface area contributed by atoms with Gasteiger partial charge in [-0.1, -0.05) is 24.3 Å². The topological polar surface area (TPSA) is 0 Å². The van der Waals surface area contributed by atoms with Crippen molar-refractivity contribution in [3.8, 4) is 0 Å². The third kappa shape index (κ3) is 10.7. The van der Waals surface area contributed by atoms with E-state index >= 15 is 0 Å². The van der Waals surface area contributed by atoms with E-state index in [2.05, 4.69) is 24.3 Å². The van der Waals surface area contributed by atoms with Crippen molar-refractivity contribution in [1.29, 1.82) is 0 Å². The van der Waals surface area contributed by atoms with Gasteiger partial charge in [0.25, 0.3) is 0 Å². The predicted molar refractivity (Wildman–Crippen MR) is 48.5 cm³/mol. The van der Waals surface area contributed by atoms with Gasteiger partial charge in [-0.25, -0.2) is 0 Å². The minimum absolute atomic E-state index is 0.226. The molecule has 11 heavy (non-hydrogen) atoms. The summed E-state index contributed by atoms with van der Waals surface area (Å²) in [7, 11) is 9.67. The third-order valence-electron chi connectivity index (χ3n) is 1.37. The summed E-state index contributed by atoms with van der Waals surface area (Å²) in [6.45, 7) is 0. The van der Waals surface area contributed by atoms with Crippen molar-refractivity contribution in [3.05, 3.63) is 24.3 Å². The van der Waals surface area contributed by atoms with Crippen molar-refractivity contribution in [1.82, 2.24) is 0 Å². The normalized spacial score (nSPS) is 22.4. The summed E-state index contributed by atoms with van der Waals surface area (Å²) in [5.41, 5.74) is 0. The molecule has 1 rings (SSSR count). The molecule has 0 saturated carbocycles. The monoisotopic (exact) mass is 281 g/mol. The van der Waals surface area contributed by atoms with Crippen LogP contribution in [0.1, 0.15) is 25.7 Å². The molecule has 3 heteroatoms. The molecule has 67 valence electrons. The van der Waals surface area contributed by atoms with Gasteiger partial charge in [-0.15, -0.1) is 0 Å². The van der Waals surface area contributed by atoms with E-state index < -0.39 is 0 Å². The van der Waals surface area contributed by atoms with Crippen LogP contribution in [0, 0.1) is 0 Å². The van der Waals surface area contributed by atoms with Crippen LogP contribution >= 0.6 is 19.4 Å². The summed E-state index contributed by atoms with van der Waals surface area (Å²) in [6.07, 6.45) is 14.0. The van der Waals surface area contributed by atoms with Gasteiger partial charge < -0.3 is 0 Å². The Morgan fingerprint density at radius 1 is 0.909 bits per heavy atom. The molecule has 0 heterocycles. The molecular weight excluding hydrogens is 270 g/mol. The molecule has 0 N–H and O–H groups in total. The Balaban J connectivity index is 0.000000292. The number of allylic oxidation sites excluding steroid dienone is 4. The molecule has 0 fully saturated rings. The predicted octanol–water partition coefficient (Wildman–Crippen LogP) is 4.05. The summed E-state index contributed by atoms with van der Waals surface area (Å²) in [5, 5.41) is 0. The van der Waals surface area contributed by atoms with E-state index in [-0.39, 0.29) is 15.1 Å². The Morgan fingerprint density at radius 2 is 1.27 bits per heavy atom. The molecule has 0 aromatic heterocycles. The van der Waals surface area contributed by atoms with E-state index in [1.807, 2.05) is 0 Å². The first kappa shape index (κ1) is 11.7. The van der Waals surface area contributed by atoms with Gasteiger partial charge in [0.15, 0.2) is 0 Å². The standard InChI is InChI=1S/C8H12.2ClH.Rh/c1-2-4-6-8-7-5-3-1;;;/h1-4H,5-8H2;2*1H;/q;;;+2/p-2/b3-1-,4-2-;;;. The van der Waals surface area contributed by atoms with Crippen LogP contribution in [0.3, 0.4) is 0 Å². The Labute approximate surface area is 84.3 Å². The molecule has 0 spiro atoms. The van der Waals surface area contributed by atoms with Gasteiger partial charge in [-0.3, -0.25) is 0 Å². The average Bonchev–Trinajstić information content (AvgIpc) is 1.86. The zero-order valence-electron chi connectivity index (χ0n) is 6.23. The Kier molecular flexibility index (Phi) is 11.3. The average molecular weight is 282 g/mol. The fourth-order valence-corrected chi connectivity index (χ4v) is 0.874. The first-order valence-corrected chi connectivity index (χ1v) is 7.79. The van der Waals surface area contributed by atoms with Gasteiger partial charge in [-0.05, 0) is 25.7 Å². The molecule has 0 aromatic rings. The SMILES string of the molecule is C1=C\CCCC\C=C/1.[Cl][Rh][Cl]. The molecule has 0 atom stereocenters. The molecule has 0 nitrogen and oxygen atoms in total. The van der Waals surface area contributed by atoms with Crippen LogP contribution in [0.25, 0.3) is 0 Å².